The molecule has 0 radical (unpaired) electrons. The predicted octanol–water partition coefficient (Wildman–Crippen LogP) is 0.636. The van der Waals surface area contributed by atoms with Gasteiger partial charge in [-0.15, -0.1) is 0 Å². The van der Waals surface area contributed by atoms with Gasteiger partial charge in [0.05, 0.1) is 0 Å². The van der Waals surface area contributed by atoms with E-state index >= 15 is 0 Å². The topological polar surface area (TPSA) is 120 Å². The van der Waals surface area contributed by atoms with Crippen LogP contribution in [0.15, 0.2) is 49.3 Å². The number of aromatic hydroxyl groups is 1. The van der Waals surface area contributed by atoms with E-state index in [1.165, 1.54) is 13.0 Å². The molecule has 4 N–H and O–H groups in total. The molecule has 0 spiro atoms. The number of nitrogens with zero attached hydrogens (tertiary/aromatic N) is 1. The number of phenolic OH excluding ortho intramolecular Hbond substituents is 1. The van der Waals surface area contributed by atoms with E-state index in [2.05, 4.69) is 16.9 Å². The van der Waals surface area contributed by atoms with Crippen molar-refractivity contribution >= 4 is 36.2 Å². The SMILES string of the molecule is C=Cc1cccnc1.CC(=O)Nc1ccc([As](=O)(O)O)c(O)c1. The number of pyridine rings is 1. The molecule has 0 fully saturated rings. The zero-order valence-corrected chi connectivity index (χ0v) is 14.3. The fourth-order valence-corrected chi connectivity index (χ4v) is 2.87. The van der Waals surface area contributed by atoms with Crippen molar-refractivity contribution in [2.75, 3.05) is 5.32 Å². The summed E-state index contributed by atoms with van der Waals surface area (Å²) in [7, 11) is 0. The first-order valence-electron chi connectivity index (χ1n) is 6.43. The van der Waals surface area contributed by atoms with Gasteiger partial charge in [0, 0.05) is 12.4 Å². The van der Waals surface area contributed by atoms with Crippen molar-refractivity contribution in [2.45, 2.75) is 6.92 Å². The molecule has 1 aromatic heterocycles. The van der Waals surface area contributed by atoms with Crippen molar-refractivity contribution in [1.82, 2.24) is 4.98 Å². The fraction of sp³-hybridized carbons (Fsp3) is 0.0667. The van der Waals surface area contributed by atoms with Gasteiger partial charge in [0.15, 0.2) is 0 Å². The summed E-state index contributed by atoms with van der Waals surface area (Å²) in [5, 5.41) is 11.7. The summed E-state index contributed by atoms with van der Waals surface area (Å²) in [6.07, 6.45) is 5.28. The molecule has 8 heteroatoms. The van der Waals surface area contributed by atoms with Crippen molar-refractivity contribution in [2.24, 2.45) is 0 Å². The molecule has 0 bridgehead atoms. The minimum atomic E-state index is -5.09. The maximum absolute atomic E-state index is 10.9. The molecule has 23 heavy (non-hydrogen) atoms. The van der Waals surface area contributed by atoms with Gasteiger partial charge < -0.3 is 0 Å². The number of hydrogen-bond donors (Lipinski definition) is 4. The number of carbonyl (C=O) groups is 1. The van der Waals surface area contributed by atoms with Gasteiger partial charge in [-0.1, -0.05) is 18.7 Å². The first-order chi connectivity index (χ1) is 10.7. The Morgan fingerprint density at radius 3 is 2.43 bits per heavy atom. The number of hydrogen-bond acceptors (Lipinski definition) is 4. The van der Waals surface area contributed by atoms with Gasteiger partial charge in [-0.05, 0) is 11.6 Å². The zero-order valence-electron chi connectivity index (χ0n) is 12.4. The first-order valence-corrected chi connectivity index (χ1v) is 9.81. The summed E-state index contributed by atoms with van der Waals surface area (Å²) in [5.41, 5.74) is 1.35. The number of phenols is 1. The minimum absolute atomic E-state index is 0.285. The van der Waals surface area contributed by atoms with Crippen LogP contribution in [0.3, 0.4) is 0 Å². The average Bonchev–Trinajstić information content (AvgIpc) is 2.47. The summed E-state index contributed by atoms with van der Waals surface area (Å²) in [6.45, 7) is 4.88. The molecule has 0 aliphatic rings. The summed E-state index contributed by atoms with van der Waals surface area (Å²) < 4.78 is 28.2. The number of rotatable bonds is 3. The van der Waals surface area contributed by atoms with E-state index in [4.69, 9.17) is 8.19 Å². The molecule has 1 heterocycles. The van der Waals surface area contributed by atoms with Crippen LogP contribution in [-0.4, -0.2) is 38.4 Å². The molecular weight excluding hydrogens is 363 g/mol. The van der Waals surface area contributed by atoms with E-state index < -0.39 is 24.3 Å². The molecule has 0 unspecified atom stereocenters. The van der Waals surface area contributed by atoms with Crippen LogP contribution in [0.25, 0.3) is 6.08 Å². The Morgan fingerprint density at radius 1 is 1.35 bits per heavy atom. The molecular formula is C15H17AsN2O5. The van der Waals surface area contributed by atoms with E-state index in [1.807, 2.05) is 12.1 Å². The Kier molecular flexibility index (Phi) is 6.78. The maximum atomic E-state index is 10.9. The van der Waals surface area contributed by atoms with Gasteiger partial charge >= 0.3 is 88.1 Å². The van der Waals surface area contributed by atoms with E-state index in [0.717, 1.165) is 17.7 Å². The number of nitrogens with one attached hydrogen (secondary N) is 1. The third-order valence-corrected chi connectivity index (χ3v) is 4.64. The number of aromatic nitrogens is 1. The van der Waals surface area contributed by atoms with E-state index in [1.54, 1.807) is 18.5 Å². The number of anilines is 1. The predicted molar refractivity (Wildman–Crippen MR) is 87.3 cm³/mol. The monoisotopic (exact) mass is 380 g/mol. The summed E-state index contributed by atoms with van der Waals surface area (Å²) >= 11 is -5.09. The van der Waals surface area contributed by atoms with Crippen LogP contribution in [0.5, 0.6) is 5.75 Å². The van der Waals surface area contributed by atoms with Crippen LogP contribution >= 0.6 is 0 Å². The van der Waals surface area contributed by atoms with Crippen LogP contribution in [0.1, 0.15) is 12.5 Å². The number of carbonyl (C=O) groups excluding carboxylic acids is 1. The Bertz CT molecular complexity index is 728. The molecule has 0 saturated heterocycles. The summed E-state index contributed by atoms with van der Waals surface area (Å²) in [6, 6.07) is 7.35. The molecule has 1 aromatic carbocycles. The second kappa shape index (κ2) is 8.33. The molecule has 0 aliphatic heterocycles. The van der Waals surface area contributed by atoms with Gasteiger partial charge in [-0.3, -0.25) is 4.98 Å². The van der Waals surface area contributed by atoms with Crippen LogP contribution in [-0.2, 0) is 8.53 Å². The number of amides is 1. The second-order valence-electron chi connectivity index (χ2n) is 4.42. The Hall–Kier alpha value is -2.34. The normalized spacial score (nSPS) is 10.2. The molecule has 122 valence electrons. The Labute approximate surface area is 136 Å². The van der Waals surface area contributed by atoms with Crippen LogP contribution < -0.4 is 9.67 Å². The molecule has 0 saturated carbocycles. The van der Waals surface area contributed by atoms with Crippen LogP contribution in [0.2, 0.25) is 0 Å². The number of benzene rings is 1. The van der Waals surface area contributed by atoms with Crippen LogP contribution in [0, 0.1) is 0 Å². The van der Waals surface area contributed by atoms with Gasteiger partial charge in [0.2, 0.25) is 0 Å². The van der Waals surface area contributed by atoms with Gasteiger partial charge in [0.25, 0.3) is 0 Å². The van der Waals surface area contributed by atoms with Gasteiger partial charge in [0.1, 0.15) is 0 Å². The van der Waals surface area contributed by atoms with Crippen molar-refractivity contribution < 1.29 is 21.8 Å². The quantitative estimate of drug-likeness (QED) is 0.580. The van der Waals surface area contributed by atoms with Crippen molar-refractivity contribution in [1.29, 1.82) is 0 Å². The van der Waals surface area contributed by atoms with E-state index in [0.29, 0.717) is 0 Å². The Morgan fingerprint density at radius 2 is 2.04 bits per heavy atom. The molecule has 2 rings (SSSR count). The second-order valence-corrected chi connectivity index (χ2v) is 7.71. The molecule has 7 nitrogen and oxygen atoms in total. The fourth-order valence-electron chi connectivity index (χ4n) is 1.55. The first kappa shape index (κ1) is 18.7. The third kappa shape index (κ3) is 6.52. The summed E-state index contributed by atoms with van der Waals surface area (Å²) in [5.74, 6) is -0.850. The van der Waals surface area contributed by atoms with Gasteiger partial charge in [-0.2, -0.15) is 0 Å². The zero-order chi connectivity index (χ0) is 17.5. The van der Waals surface area contributed by atoms with Crippen molar-refractivity contribution in [3.8, 4) is 5.75 Å². The van der Waals surface area contributed by atoms with Gasteiger partial charge in [-0.25, -0.2) is 0 Å². The van der Waals surface area contributed by atoms with Crippen molar-refractivity contribution in [3.05, 3.63) is 54.9 Å². The third-order valence-electron chi connectivity index (χ3n) is 2.53. The molecule has 1 amide bonds. The van der Waals surface area contributed by atoms with E-state index in [9.17, 15) is 13.6 Å². The van der Waals surface area contributed by atoms with Crippen molar-refractivity contribution in [3.63, 3.8) is 0 Å². The summed E-state index contributed by atoms with van der Waals surface area (Å²) in [4.78, 5) is 14.5. The van der Waals surface area contributed by atoms with E-state index in [-0.39, 0.29) is 11.6 Å². The Balaban J connectivity index is 0.000000277. The standard InChI is InChI=1S/C8H10AsNO5.C7H7N/c1-5(11)10-6-2-3-7(8(12)4-6)9(13,14)15;1-2-7-4-3-5-8-6-7/h2-4,12H,1H3,(H,10,11)(H2,13,14,15);2-6H,1H2. The molecule has 0 atom stereocenters. The van der Waals surface area contributed by atoms with Crippen LogP contribution in [0.4, 0.5) is 5.69 Å². The molecule has 2 aromatic rings. The molecule has 0 aliphatic carbocycles. The average molecular weight is 380 g/mol.